The van der Waals surface area contributed by atoms with Gasteiger partial charge in [-0.3, -0.25) is 9.48 Å². The lowest BCUT2D eigenvalue weighted by Gasteiger charge is -2.20. The average Bonchev–Trinajstić information content (AvgIpc) is 2.72. The third kappa shape index (κ3) is 3.32. The van der Waals surface area contributed by atoms with Crippen LogP contribution in [0, 0.1) is 0 Å². The molecule has 0 saturated carbocycles. The van der Waals surface area contributed by atoms with Gasteiger partial charge in [-0.15, -0.1) is 0 Å². The van der Waals surface area contributed by atoms with E-state index in [2.05, 4.69) is 53.9 Å². The lowest BCUT2D eigenvalue weighted by atomic mass is 9.92. The van der Waals surface area contributed by atoms with Crippen LogP contribution in [0.3, 0.4) is 0 Å². The molecular formula is C15H17BrN2O. The molecule has 2 aromatic rings. The predicted octanol–water partition coefficient (Wildman–Crippen LogP) is 3.80. The van der Waals surface area contributed by atoms with Crippen LogP contribution in [0.1, 0.15) is 42.5 Å². The summed E-state index contributed by atoms with van der Waals surface area (Å²) in [5, 5.41) is 4.35. The first-order valence-corrected chi connectivity index (χ1v) is 6.97. The first kappa shape index (κ1) is 14.0. The summed E-state index contributed by atoms with van der Waals surface area (Å²) < 4.78 is 2.95. The number of rotatable bonds is 3. The molecule has 0 amide bonds. The molecule has 0 bridgehead atoms. The van der Waals surface area contributed by atoms with Crippen LogP contribution in [0.2, 0.25) is 0 Å². The van der Waals surface area contributed by atoms with Gasteiger partial charge in [0.2, 0.25) is 0 Å². The molecule has 0 saturated heterocycles. The molecule has 0 aliphatic heterocycles. The second-order valence-corrected chi connectivity index (χ2v) is 6.53. The Morgan fingerprint density at radius 1 is 1.32 bits per heavy atom. The molecule has 100 valence electrons. The van der Waals surface area contributed by atoms with Crippen molar-refractivity contribution < 1.29 is 4.79 Å². The molecule has 19 heavy (non-hydrogen) atoms. The number of hydrogen-bond acceptors (Lipinski definition) is 2. The van der Waals surface area contributed by atoms with Crippen molar-refractivity contribution in [3.63, 3.8) is 0 Å². The second kappa shape index (κ2) is 5.29. The lowest BCUT2D eigenvalue weighted by molar-refractivity contribution is 0.111. The average molecular weight is 321 g/mol. The Labute approximate surface area is 121 Å². The summed E-state index contributed by atoms with van der Waals surface area (Å²) in [5.74, 6) is 0. The fourth-order valence-corrected chi connectivity index (χ4v) is 2.47. The molecule has 0 unspecified atom stereocenters. The standard InChI is InChI=1S/C15H17BrN2O/c1-15(2,3)14-8-13(10-19)17-18(14)9-11-5-4-6-12(16)7-11/h4-8,10H,9H2,1-3H3. The fourth-order valence-electron chi connectivity index (χ4n) is 2.03. The summed E-state index contributed by atoms with van der Waals surface area (Å²) in [6, 6.07) is 9.98. The van der Waals surface area contributed by atoms with Crippen LogP contribution in [-0.4, -0.2) is 16.1 Å². The van der Waals surface area contributed by atoms with Gasteiger partial charge in [-0.25, -0.2) is 0 Å². The van der Waals surface area contributed by atoms with Crippen LogP contribution in [0.5, 0.6) is 0 Å². The molecule has 0 spiro atoms. The van der Waals surface area contributed by atoms with E-state index in [9.17, 15) is 4.79 Å². The molecule has 1 aromatic heterocycles. The SMILES string of the molecule is CC(C)(C)c1cc(C=O)nn1Cc1cccc(Br)c1. The topological polar surface area (TPSA) is 34.9 Å². The number of carbonyl (C=O) groups is 1. The number of halogens is 1. The molecule has 2 rings (SSSR count). The van der Waals surface area contributed by atoms with E-state index in [-0.39, 0.29) is 5.41 Å². The van der Waals surface area contributed by atoms with Gasteiger partial charge in [-0.1, -0.05) is 48.8 Å². The Kier molecular flexibility index (Phi) is 3.90. The Morgan fingerprint density at radius 3 is 2.63 bits per heavy atom. The molecule has 0 aliphatic rings. The van der Waals surface area contributed by atoms with Crippen molar-refractivity contribution in [1.29, 1.82) is 0 Å². The van der Waals surface area contributed by atoms with Gasteiger partial charge in [0, 0.05) is 15.6 Å². The van der Waals surface area contributed by atoms with Crippen LogP contribution < -0.4 is 0 Å². The molecule has 1 heterocycles. The van der Waals surface area contributed by atoms with Crippen LogP contribution in [0.25, 0.3) is 0 Å². The summed E-state index contributed by atoms with van der Waals surface area (Å²) in [6.45, 7) is 7.03. The molecule has 4 heteroatoms. The van der Waals surface area contributed by atoms with E-state index < -0.39 is 0 Å². The number of aldehydes is 1. The molecule has 0 fully saturated rings. The highest BCUT2D eigenvalue weighted by Gasteiger charge is 2.20. The van der Waals surface area contributed by atoms with E-state index in [1.807, 2.05) is 22.9 Å². The summed E-state index contributed by atoms with van der Waals surface area (Å²) in [5.41, 5.74) is 2.66. The Morgan fingerprint density at radius 2 is 2.05 bits per heavy atom. The Bertz CT molecular complexity index is 596. The maximum absolute atomic E-state index is 10.9. The first-order valence-electron chi connectivity index (χ1n) is 6.18. The van der Waals surface area contributed by atoms with Crippen LogP contribution >= 0.6 is 15.9 Å². The summed E-state index contributed by atoms with van der Waals surface area (Å²) in [6.07, 6.45) is 0.798. The maximum atomic E-state index is 10.9. The van der Waals surface area contributed by atoms with Gasteiger partial charge in [0.05, 0.1) is 6.54 Å². The maximum Gasteiger partial charge on any atom is 0.170 e. The van der Waals surface area contributed by atoms with E-state index in [4.69, 9.17) is 0 Å². The first-order chi connectivity index (χ1) is 8.90. The highest BCUT2D eigenvalue weighted by Crippen LogP contribution is 2.24. The van der Waals surface area contributed by atoms with Gasteiger partial charge < -0.3 is 0 Å². The summed E-state index contributed by atoms with van der Waals surface area (Å²) >= 11 is 3.47. The van der Waals surface area contributed by atoms with Crippen LogP contribution in [-0.2, 0) is 12.0 Å². The van der Waals surface area contributed by atoms with Crippen molar-refractivity contribution in [3.05, 3.63) is 51.8 Å². The van der Waals surface area contributed by atoms with Gasteiger partial charge in [0.1, 0.15) is 5.69 Å². The zero-order valence-electron chi connectivity index (χ0n) is 11.4. The van der Waals surface area contributed by atoms with E-state index in [1.54, 1.807) is 0 Å². The molecule has 3 nitrogen and oxygen atoms in total. The van der Waals surface area contributed by atoms with Crippen molar-refractivity contribution in [2.75, 3.05) is 0 Å². The smallest absolute Gasteiger partial charge is 0.170 e. The van der Waals surface area contributed by atoms with Crippen molar-refractivity contribution >= 4 is 22.2 Å². The van der Waals surface area contributed by atoms with E-state index >= 15 is 0 Å². The lowest BCUT2D eigenvalue weighted by Crippen LogP contribution is -2.18. The van der Waals surface area contributed by atoms with Gasteiger partial charge in [0.25, 0.3) is 0 Å². The van der Waals surface area contributed by atoms with Crippen molar-refractivity contribution in [2.24, 2.45) is 0 Å². The quantitative estimate of drug-likeness (QED) is 0.806. The van der Waals surface area contributed by atoms with E-state index in [0.29, 0.717) is 12.2 Å². The second-order valence-electron chi connectivity index (χ2n) is 5.61. The highest BCUT2D eigenvalue weighted by atomic mass is 79.9. The van der Waals surface area contributed by atoms with Crippen molar-refractivity contribution in [3.8, 4) is 0 Å². The molecule has 0 atom stereocenters. The zero-order valence-corrected chi connectivity index (χ0v) is 12.9. The van der Waals surface area contributed by atoms with Gasteiger partial charge in [-0.05, 0) is 23.8 Å². The largest absolute Gasteiger partial charge is 0.296 e. The van der Waals surface area contributed by atoms with Crippen LogP contribution in [0.4, 0.5) is 0 Å². The fraction of sp³-hybridized carbons (Fsp3) is 0.333. The third-order valence-corrected chi connectivity index (χ3v) is 3.40. The summed E-state index contributed by atoms with van der Waals surface area (Å²) in [4.78, 5) is 10.9. The van der Waals surface area contributed by atoms with Gasteiger partial charge >= 0.3 is 0 Å². The Hall–Kier alpha value is -1.42. The predicted molar refractivity (Wildman–Crippen MR) is 79.6 cm³/mol. The third-order valence-electron chi connectivity index (χ3n) is 2.91. The number of nitrogens with zero attached hydrogens (tertiary/aromatic N) is 2. The molecule has 0 aliphatic carbocycles. The molecule has 0 radical (unpaired) electrons. The highest BCUT2D eigenvalue weighted by molar-refractivity contribution is 9.10. The molecule has 0 N–H and O–H groups in total. The monoisotopic (exact) mass is 320 g/mol. The van der Waals surface area contributed by atoms with Crippen molar-refractivity contribution in [2.45, 2.75) is 32.7 Å². The van der Waals surface area contributed by atoms with E-state index in [0.717, 1.165) is 22.0 Å². The zero-order chi connectivity index (χ0) is 14.0. The number of carbonyl (C=O) groups excluding carboxylic acids is 1. The minimum Gasteiger partial charge on any atom is -0.296 e. The number of benzene rings is 1. The van der Waals surface area contributed by atoms with Crippen molar-refractivity contribution in [1.82, 2.24) is 9.78 Å². The van der Waals surface area contributed by atoms with E-state index in [1.165, 1.54) is 0 Å². The van der Waals surface area contributed by atoms with Gasteiger partial charge in [0.15, 0.2) is 6.29 Å². The Balaban J connectivity index is 2.39. The minimum atomic E-state index is -0.0414. The molecular weight excluding hydrogens is 304 g/mol. The van der Waals surface area contributed by atoms with Crippen LogP contribution in [0.15, 0.2) is 34.8 Å². The summed E-state index contributed by atoms with van der Waals surface area (Å²) in [7, 11) is 0. The van der Waals surface area contributed by atoms with Gasteiger partial charge in [-0.2, -0.15) is 5.10 Å². The number of aromatic nitrogens is 2. The minimum absolute atomic E-state index is 0.0414. The normalized spacial score (nSPS) is 11.6. The molecule has 1 aromatic carbocycles. The number of hydrogen-bond donors (Lipinski definition) is 0.